The van der Waals surface area contributed by atoms with E-state index < -0.39 is 18.7 Å². The van der Waals surface area contributed by atoms with E-state index in [4.69, 9.17) is 4.74 Å². The molecule has 1 aliphatic rings. The van der Waals surface area contributed by atoms with Crippen LogP contribution in [0.15, 0.2) is 46.2 Å². The van der Waals surface area contributed by atoms with Crippen molar-refractivity contribution in [1.82, 2.24) is 15.4 Å². The second-order valence-corrected chi connectivity index (χ2v) is 6.14. The van der Waals surface area contributed by atoms with Gasteiger partial charge in [-0.3, -0.25) is 15.0 Å². The van der Waals surface area contributed by atoms with Gasteiger partial charge in [0.15, 0.2) is 12.4 Å². The Bertz CT molecular complexity index is 895. The Morgan fingerprint density at radius 3 is 2.60 bits per heavy atom. The molecule has 1 aliphatic heterocycles. The molecule has 0 saturated carbocycles. The molecule has 0 aromatic carbocycles. The number of aliphatic imine (C=N–C) groups is 1. The highest BCUT2D eigenvalue weighted by molar-refractivity contribution is 6.15. The highest BCUT2D eigenvalue weighted by Gasteiger charge is 2.30. The summed E-state index contributed by atoms with van der Waals surface area (Å²) in [5, 5.41) is 13.3. The van der Waals surface area contributed by atoms with Gasteiger partial charge in [-0.15, -0.1) is 12.3 Å². The number of hydrogen-bond donors (Lipinski definition) is 2. The van der Waals surface area contributed by atoms with E-state index in [1.54, 1.807) is 32.9 Å². The summed E-state index contributed by atoms with van der Waals surface area (Å²) in [6, 6.07) is 3.13. The van der Waals surface area contributed by atoms with Crippen molar-refractivity contribution in [3.8, 4) is 18.2 Å². The summed E-state index contributed by atoms with van der Waals surface area (Å²) in [5.74, 6) is 1.48. The SMILES string of the molecule is C#CC.CN=C1C(=C(C)C)C(NCc2cccnc2OCC(F)(F)F)=CC(=O)N1O. The van der Waals surface area contributed by atoms with E-state index in [2.05, 4.69) is 27.6 Å². The predicted octanol–water partition coefficient (Wildman–Crippen LogP) is 3.23. The van der Waals surface area contributed by atoms with Gasteiger partial charge >= 0.3 is 6.18 Å². The third-order valence-corrected chi connectivity index (χ3v) is 3.57. The van der Waals surface area contributed by atoms with Gasteiger partial charge in [0.05, 0.1) is 5.70 Å². The summed E-state index contributed by atoms with van der Waals surface area (Å²) < 4.78 is 41.9. The lowest BCUT2D eigenvalue weighted by atomic mass is 10.0. The number of hydroxylamine groups is 2. The number of terminal acetylenes is 1. The van der Waals surface area contributed by atoms with Crippen molar-refractivity contribution in [1.29, 1.82) is 0 Å². The first-order valence-electron chi connectivity index (χ1n) is 8.70. The number of halogens is 3. The number of aromatic nitrogens is 1. The number of hydrogen-bond acceptors (Lipinski definition) is 6. The van der Waals surface area contributed by atoms with Gasteiger partial charge in [0, 0.05) is 37.0 Å². The van der Waals surface area contributed by atoms with E-state index in [0.717, 1.165) is 5.57 Å². The molecule has 0 atom stereocenters. The van der Waals surface area contributed by atoms with E-state index in [1.807, 2.05) is 0 Å². The van der Waals surface area contributed by atoms with Gasteiger partial charge in [0.1, 0.15) is 0 Å². The molecule has 2 heterocycles. The zero-order chi connectivity index (χ0) is 22.9. The molecule has 0 aliphatic carbocycles. The van der Waals surface area contributed by atoms with Crippen LogP contribution in [0.5, 0.6) is 5.88 Å². The largest absolute Gasteiger partial charge is 0.468 e. The van der Waals surface area contributed by atoms with Gasteiger partial charge in [-0.2, -0.15) is 18.2 Å². The molecule has 162 valence electrons. The Morgan fingerprint density at radius 1 is 1.43 bits per heavy atom. The van der Waals surface area contributed by atoms with E-state index in [-0.39, 0.29) is 18.3 Å². The Kier molecular flexibility index (Phi) is 9.08. The molecule has 0 radical (unpaired) electrons. The van der Waals surface area contributed by atoms with Gasteiger partial charge < -0.3 is 10.1 Å². The molecule has 10 heteroatoms. The van der Waals surface area contributed by atoms with Gasteiger partial charge in [-0.05, 0) is 26.8 Å². The molecule has 2 rings (SSSR count). The van der Waals surface area contributed by atoms with Crippen LogP contribution in [0.3, 0.4) is 0 Å². The molecular formula is C20H23F3N4O3. The van der Waals surface area contributed by atoms with Crippen molar-refractivity contribution in [3.05, 3.63) is 46.8 Å². The van der Waals surface area contributed by atoms with Crippen molar-refractivity contribution in [2.75, 3.05) is 13.7 Å². The number of allylic oxidation sites excluding steroid dienone is 1. The van der Waals surface area contributed by atoms with Crippen molar-refractivity contribution in [2.45, 2.75) is 33.5 Å². The second-order valence-electron chi connectivity index (χ2n) is 6.14. The minimum atomic E-state index is -4.48. The van der Waals surface area contributed by atoms with Crippen LogP contribution >= 0.6 is 0 Å². The van der Waals surface area contributed by atoms with E-state index in [0.29, 0.717) is 21.9 Å². The van der Waals surface area contributed by atoms with Crippen LogP contribution in [0.2, 0.25) is 0 Å². The van der Waals surface area contributed by atoms with E-state index in [1.165, 1.54) is 19.3 Å². The third-order valence-electron chi connectivity index (χ3n) is 3.57. The molecule has 1 aromatic heterocycles. The maximum Gasteiger partial charge on any atom is 0.422 e. The lowest BCUT2D eigenvalue weighted by molar-refractivity contribution is -0.154. The Labute approximate surface area is 172 Å². The van der Waals surface area contributed by atoms with Crippen LogP contribution in [0.25, 0.3) is 0 Å². The number of ether oxygens (including phenoxy) is 1. The normalized spacial score (nSPS) is 15.1. The smallest absolute Gasteiger partial charge is 0.422 e. The van der Waals surface area contributed by atoms with Crippen molar-refractivity contribution < 1.29 is 27.9 Å². The number of carbonyl (C=O) groups is 1. The van der Waals surface area contributed by atoms with Crippen molar-refractivity contribution in [2.24, 2.45) is 4.99 Å². The standard InChI is InChI=1S/C17H19F3N4O3.C3H4/c1-10(2)14-12(7-13(25)24(26)15(14)21-3)23-8-11-5-4-6-22-16(11)27-9-17(18,19)20;1-3-2/h4-7,23,26H,8-9H2,1-3H3;1H,2H3. The number of nitrogens with zero attached hydrogens (tertiary/aromatic N) is 3. The third kappa shape index (κ3) is 6.93. The molecule has 30 heavy (non-hydrogen) atoms. The van der Waals surface area contributed by atoms with E-state index in [9.17, 15) is 23.2 Å². The first-order valence-corrected chi connectivity index (χ1v) is 8.70. The first-order chi connectivity index (χ1) is 14.1. The monoisotopic (exact) mass is 424 g/mol. The zero-order valence-electron chi connectivity index (χ0n) is 17.0. The van der Waals surface area contributed by atoms with Crippen LogP contribution in [0, 0.1) is 12.3 Å². The van der Waals surface area contributed by atoms with Crippen LogP contribution in [0.1, 0.15) is 26.3 Å². The summed E-state index contributed by atoms with van der Waals surface area (Å²) >= 11 is 0. The number of amidine groups is 1. The summed E-state index contributed by atoms with van der Waals surface area (Å²) in [6.07, 6.45) is 2.63. The van der Waals surface area contributed by atoms with Crippen LogP contribution < -0.4 is 10.1 Å². The minimum Gasteiger partial charge on any atom is -0.468 e. The van der Waals surface area contributed by atoms with Crippen molar-refractivity contribution in [3.63, 3.8) is 0 Å². The number of carbonyl (C=O) groups excluding carboxylic acids is 1. The molecule has 0 spiro atoms. The predicted molar refractivity (Wildman–Crippen MR) is 106 cm³/mol. The van der Waals surface area contributed by atoms with Gasteiger partial charge in [0.2, 0.25) is 5.88 Å². The second kappa shape index (κ2) is 11.0. The molecule has 0 bridgehead atoms. The lowest BCUT2D eigenvalue weighted by Crippen LogP contribution is -2.40. The fourth-order valence-electron chi connectivity index (χ4n) is 2.46. The minimum absolute atomic E-state index is 0.0549. The topological polar surface area (TPSA) is 87.1 Å². The summed E-state index contributed by atoms with van der Waals surface area (Å²) in [6.45, 7) is 3.81. The number of pyridine rings is 1. The summed E-state index contributed by atoms with van der Waals surface area (Å²) in [4.78, 5) is 19.7. The average Bonchev–Trinajstić information content (AvgIpc) is 2.67. The van der Waals surface area contributed by atoms with Gasteiger partial charge in [0.25, 0.3) is 5.91 Å². The quantitative estimate of drug-likeness (QED) is 0.560. The zero-order valence-corrected chi connectivity index (χ0v) is 17.0. The fourth-order valence-corrected chi connectivity index (χ4v) is 2.46. The molecule has 0 saturated heterocycles. The Hall–Kier alpha value is -3.32. The molecular weight excluding hydrogens is 401 g/mol. The van der Waals surface area contributed by atoms with Crippen LogP contribution in [-0.4, -0.2) is 46.8 Å². The first kappa shape index (κ1) is 24.7. The lowest BCUT2D eigenvalue weighted by Gasteiger charge is -2.27. The molecule has 1 aromatic rings. The molecule has 1 amide bonds. The molecule has 2 N–H and O–H groups in total. The maximum atomic E-state index is 12.4. The summed E-state index contributed by atoms with van der Waals surface area (Å²) in [7, 11) is 1.43. The number of alkyl halides is 3. The van der Waals surface area contributed by atoms with Crippen LogP contribution in [-0.2, 0) is 11.3 Å². The highest BCUT2D eigenvalue weighted by atomic mass is 19.4. The summed E-state index contributed by atoms with van der Waals surface area (Å²) in [5.41, 5.74) is 2.06. The Balaban J connectivity index is 0.00000141. The van der Waals surface area contributed by atoms with Gasteiger partial charge in [-0.1, -0.05) is 11.6 Å². The van der Waals surface area contributed by atoms with E-state index >= 15 is 0 Å². The fraction of sp³-hybridized carbons (Fsp3) is 0.350. The highest BCUT2D eigenvalue weighted by Crippen LogP contribution is 2.24. The maximum absolute atomic E-state index is 12.4. The Morgan fingerprint density at radius 2 is 2.07 bits per heavy atom. The molecule has 7 nitrogen and oxygen atoms in total. The number of rotatable bonds is 5. The number of amides is 1. The molecule has 0 unspecified atom stereocenters. The molecule has 0 fully saturated rings. The van der Waals surface area contributed by atoms with Crippen molar-refractivity contribution >= 4 is 11.7 Å². The number of nitrogens with one attached hydrogen (secondary N) is 1. The van der Waals surface area contributed by atoms with Gasteiger partial charge in [-0.25, -0.2) is 4.98 Å². The average molecular weight is 424 g/mol. The van der Waals surface area contributed by atoms with Crippen LogP contribution in [0.4, 0.5) is 13.2 Å².